The summed E-state index contributed by atoms with van der Waals surface area (Å²) >= 11 is 7.68. The second-order valence-electron chi connectivity index (χ2n) is 4.91. The number of hydrogen-bond donors (Lipinski definition) is 0. The predicted molar refractivity (Wildman–Crippen MR) is 100.0 cm³/mol. The standard InChI is InChI=1S/C19H21ClO2S/c1-3-5-15-6-11-18(19(14-15)21-2)22-12-4-13-23-17-9-7-16(20)8-10-17/h3,5-11,14H,4,12-13H2,1-2H3. The van der Waals surface area contributed by atoms with Gasteiger partial charge in [0, 0.05) is 15.7 Å². The summed E-state index contributed by atoms with van der Waals surface area (Å²) in [4.78, 5) is 1.22. The second kappa shape index (κ2) is 9.53. The number of allylic oxidation sites excluding steroid dienone is 1. The van der Waals surface area contributed by atoms with Crippen molar-refractivity contribution < 1.29 is 9.47 Å². The monoisotopic (exact) mass is 348 g/mol. The molecule has 0 N–H and O–H groups in total. The zero-order valence-electron chi connectivity index (χ0n) is 13.4. The van der Waals surface area contributed by atoms with Gasteiger partial charge in [0.25, 0.3) is 0 Å². The summed E-state index contributed by atoms with van der Waals surface area (Å²) in [5.41, 5.74) is 1.11. The van der Waals surface area contributed by atoms with Crippen molar-refractivity contribution in [2.75, 3.05) is 19.5 Å². The first kappa shape index (κ1) is 17.8. The molecule has 0 heterocycles. The molecule has 23 heavy (non-hydrogen) atoms. The van der Waals surface area contributed by atoms with Crippen LogP contribution in [0.3, 0.4) is 0 Å². The van der Waals surface area contributed by atoms with E-state index in [-0.39, 0.29) is 0 Å². The van der Waals surface area contributed by atoms with Gasteiger partial charge in [-0.15, -0.1) is 11.8 Å². The molecule has 0 saturated carbocycles. The molecule has 122 valence electrons. The molecule has 0 bridgehead atoms. The van der Waals surface area contributed by atoms with Crippen LogP contribution in [0.5, 0.6) is 11.5 Å². The molecular weight excluding hydrogens is 328 g/mol. The maximum absolute atomic E-state index is 5.88. The highest BCUT2D eigenvalue weighted by Crippen LogP contribution is 2.29. The summed E-state index contributed by atoms with van der Waals surface area (Å²) in [6.07, 6.45) is 5.01. The number of benzene rings is 2. The van der Waals surface area contributed by atoms with E-state index in [9.17, 15) is 0 Å². The van der Waals surface area contributed by atoms with Crippen LogP contribution in [-0.2, 0) is 0 Å². The van der Waals surface area contributed by atoms with Gasteiger partial charge in [-0.25, -0.2) is 0 Å². The van der Waals surface area contributed by atoms with E-state index in [0.29, 0.717) is 6.61 Å². The molecule has 0 fully saturated rings. The summed E-state index contributed by atoms with van der Waals surface area (Å²) in [6.45, 7) is 2.66. The van der Waals surface area contributed by atoms with Crippen molar-refractivity contribution in [1.82, 2.24) is 0 Å². The largest absolute Gasteiger partial charge is 0.493 e. The van der Waals surface area contributed by atoms with Crippen LogP contribution >= 0.6 is 23.4 Å². The number of methoxy groups -OCH3 is 1. The maximum Gasteiger partial charge on any atom is 0.161 e. The third-order valence-corrected chi connectivity index (χ3v) is 4.53. The van der Waals surface area contributed by atoms with E-state index in [1.165, 1.54) is 4.90 Å². The molecule has 0 atom stereocenters. The highest BCUT2D eigenvalue weighted by molar-refractivity contribution is 7.99. The number of thioether (sulfide) groups is 1. The Bertz CT molecular complexity index is 638. The fraction of sp³-hybridized carbons (Fsp3) is 0.263. The minimum absolute atomic E-state index is 0.667. The zero-order chi connectivity index (χ0) is 16.5. The minimum Gasteiger partial charge on any atom is -0.493 e. The van der Waals surface area contributed by atoms with Gasteiger partial charge >= 0.3 is 0 Å². The van der Waals surface area contributed by atoms with Crippen molar-refractivity contribution in [2.24, 2.45) is 0 Å². The topological polar surface area (TPSA) is 18.5 Å². The Hall–Kier alpha value is -1.58. The van der Waals surface area contributed by atoms with Crippen LogP contribution < -0.4 is 9.47 Å². The molecule has 0 saturated heterocycles. The van der Waals surface area contributed by atoms with Crippen LogP contribution in [0.1, 0.15) is 18.9 Å². The molecule has 2 rings (SSSR count). The lowest BCUT2D eigenvalue weighted by Crippen LogP contribution is -2.00. The zero-order valence-corrected chi connectivity index (χ0v) is 15.0. The van der Waals surface area contributed by atoms with Gasteiger partial charge in [-0.1, -0.05) is 29.8 Å². The van der Waals surface area contributed by atoms with Crippen LogP contribution in [0.15, 0.2) is 53.4 Å². The molecule has 2 nitrogen and oxygen atoms in total. The number of halogens is 1. The third kappa shape index (κ3) is 5.85. The van der Waals surface area contributed by atoms with Gasteiger partial charge in [0.2, 0.25) is 0 Å². The van der Waals surface area contributed by atoms with Crippen molar-refractivity contribution >= 4 is 29.4 Å². The number of hydrogen-bond acceptors (Lipinski definition) is 3. The van der Waals surface area contributed by atoms with Gasteiger partial charge < -0.3 is 9.47 Å². The fourth-order valence-corrected chi connectivity index (χ4v) is 3.01. The van der Waals surface area contributed by atoms with Gasteiger partial charge in [0.1, 0.15) is 0 Å². The Morgan fingerprint density at radius 1 is 1.09 bits per heavy atom. The first-order valence-electron chi connectivity index (χ1n) is 7.55. The Morgan fingerprint density at radius 3 is 2.57 bits per heavy atom. The SMILES string of the molecule is CC=Cc1ccc(OCCCSc2ccc(Cl)cc2)c(OC)c1. The highest BCUT2D eigenvalue weighted by atomic mass is 35.5. The maximum atomic E-state index is 5.88. The van der Waals surface area contributed by atoms with Crippen molar-refractivity contribution in [1.29, 1.82) is 0 Å². The number of ether oxygens (including phenoxy) is 2. The Labute approximate surface area is 147 Å². The average Bonchev–Trinajstić information content (AvgIpc) is 2.57. The van der Waals surface area contributed by atoms with Crippen molar-refractivity contribution in [2.45, 2.75) is 18.2 Å². The summed E-state index contributed by atoms with van der Waals surface area (Å²) < 4.78 is 11.2. The Morgan fingerprint density at radius 2 is 1.87 bits per heavy atom. The van der Waals surface area contributed by atoms with Crippen LogP contribution in [-0.4, -0.2) is 19.5 Å². The average molecular weight is 349 g/mol. The van der Waals surface area contributed by atoms with Crippen molar-refractivity contribution in [3.63, 3.8) is 0 Å². The Kier molecular flexibility index (Phi) is 7.37. The molecule has 0 aliphatic rings. The quantitative estimate of drug-likeness (QED) is 0.434. The van der Waals surface area contributed by atoms with E-state index in [4.69, 9.17) is 21.1 Å². The van der Waals surface area contributed by atoms with E-state index in [1.807, 2.05) is 61.5 Å². The lowest BCUT2D eigenvalue weighted by molar-refractivity contribution is 0.295. The molecule has 0 aliphatic carbocycles. The third-order valence-electron chi connectivity index (χ3n) is 3.18. The smallest absolute Gasteiger partial charge is 0.161 e. The molecule has 0 radical (unpaired) electrons. The van der Waals surface area contributed by atoms with E-state index in [1.54, 1.807) is 18.9 Å². The fourth-order valence-electron chi connectivity index (χ4n) is 2.06. The molecule has 2 aromatic carbocycles. The van der Waals surface area contributed by atoms with E-state index >= 15 is 0 Å². The highest BCUT2D eigenvalue weighted by Gasteiger charge is 2.04. The van der Waals surface area contributed by atoms with Crippen LogP contribution in [0.4, 0.5) is 0 Å². The summed E-state index contributed by atoms with van der Waals surface area (Å²) in [6, 6.07) is 13.9. The molecular formula is C19H21ClO2S. The van der Waals surface area contributed by atoms with E-state index in [2.05, 4.69) is 0 Å². The molecule has 0 aliphatic heterocycles. The first-order chi connectivity index (χ1) is 11.2. The molecule has 2 aromatic rings. The van der Waals surface area contributed by atoms with Gasteiger partial charge in [0.05, 0.1) is 13.7 Å². The molecule has 0 aromatic heterocycles. The van der Waals surface area contributed by atoms with Crippen molar-refractivity contribution in [3.8, 4) is 11.5 Å². The van der Waals surface area contributed by atoms with Crippen molar-refractivity contribution in [3.05, 3.63) is 59.1 Å². The van der Waals surface area contributed by atoms with E-state index < -0.39 is 0 Å². The minimum atomic E-state index is 0.667. The molecule has 0 spiro atoms. The summed E-state index contributed by atoms with van der Waals surface area (Å²) in [5, 5.41) is 0.770. The van der Waals surface area contributed by atoms with Gasteiger partial charge in [0.15, 0.2) is 11.5 Å². The van der Waals surface area contributed by atoms with Gasteiger partial charge in [-0.2, -0.15) is 0 Å². The summed E-state index contributed by atoms with van der Waals surface area (Å²) in [5.74, 6) is 2.56. The second-order valence-corrected chi connectivity index (χ2v) is 6.52. The normalized spacial score (nSPS) is 10.9. The van der Waals surface area contributed by atoms with Gasteiger partial charge in [-0.3, -0.25) is 0 Å². The van der Waals surface area contributed by atoms with Crippen LogP contribution in [0.25, 0.3) is 6.08 Å². The van der Waals surface area contributed by atoms with Crippen LogP contribution in [0, 0.1) is 0 Å². The Balaban J connectivity index is 1.78. The molecule has 0 unspecified atom stereocenters. The van der Waals surface area contributed by atoms with Gasteiger partial charge in [-0.05, 0) is 55.3 Å². The lowest BCUT2D eigenvalue weighted by Gasteiger charge is -2.11. The number of rotatable bonds is 8. The summed E-state index contributed by atoms with van der Waals surface area (Å²) in [7, 11) is 1.66. The predicted octanol–water partition coefficient (Wildman–Crippen LogP) is 5.94. The lowest BCUT2D eigenvalue weighted by atomic mass is 10.2. The van der Waals surface area contributed by atoms with Crippen LogP contribution in [0.2, 0.25) is 5.02 Å². The van der Waals surface area contributed by atoms with E-state index in [0.717, 1.165) is 34.3 Å². The molecule has 0 amide bonds. The molecule has 4 heteroatoms. The first-order valence-corrected chi connectivity index (χ1v) is 8.91.